The summed E-state index contributed by atoms with van der Waals surface area (Å²) in [4.78, 5) is 45.8. The monoisotopic (exact) mass is 542 g/mol. The van der Waals surface area contributed by atoms with Gasteiger partial charge in [0.15, 0.2) is 0 Å². The largest absolute Gasteiger partial charge is 0.379 e. The lowest BCUT2D eigenvalue weighted by atomic mass is 10.0. The third-order valence-corrected chi connectivity index (χ3v) is 5.70. The summed E-state index contributed by atoms with van der Waals surface area (Å²) < 4.78 is 10.7. The van der Waals surface area contributed by atoms with Gasteiger partial charge in [0.1, 0.15) is 6.61 Å². The molecule has 0 heterocycles. The lowest BCUT2D eigenvalue weighted by Crippen LogP contribution is -2.27. The van der Waals surface area contributed by atoms with Crippen molar-refractivity contribution in [3.8, 4) is 22.3 Å². The fourth-order valence-electron chi connectivity index (χ4n) is 3.72. The molecule has 0 saturated carbocycles. The van der Waals surface area contributed by atoms with E-state index in [1.807, 2.05) is 79.7 Å². The normalized spacial score (nSPS) is 10.8. The van der Waals surface area contributed by atoms with E-state index in [4.69, 9.17) is 29.0 Å². The van der Waals surface area contributed by atoms with Gasteiger partial charge in [-0.2, -0.15) is 0 Å². The van der Waals surface area contributed by atoms with Gasteiger partial charge in [0.25, 0.3) is 6.29 Å². The van der Waals surface area contributed by atoms with Crippen LogP contribution in [0, 0.1) is 0 Å². The standard InChI is InChI=1S/C32H30O8/c1-2-35-19-20-36-23-30(37-39-31(33)28-17-9-15-26(21-28)24-11-5-3-6-12-24)38-40-32(34)29-18-10-16-27(22-29)25-13-7-4-8-14-25/h3-18,21-22,30H,2,19-20,23H2,1H3. The minimum absolute atomic E-state index is 0.193. The molecule has 0 aliphatic heterocycles. The van der Waals surface area contributed by atoms with Crippen LogP contribution in [-0.4, -0.2) is 44.7 Å². The number of hydrogen-bond acceptors (Lipinski definition) is 8. The van der Waals surface area contributed by atoms with Gasteiger partial charge in [-0.15, -0.1) is 9.78 Å². The molecule has 206 valence electrons. The molecule has 40 heavy (non-hydrogen) atoms. The molecular formula is C32H30O8. The van der Waals surface area contributed by atoms with Gasteiger partial charge in [0.05, 0.1) is 24.3 Å². The van der Waals surface area contributed by atoms with Crippen molar-refractivity contribution in [3.63, 3.8) is 0 Å². The van der Waals surface area contributed by atoms with Crippen LogP contribution in [0.2, 0.25) is 0 Å². The second-order valence-corrected chi connectivity index (χ2v) is 8.53. The Labute approximate surface area is 232 Å². The predicted molar refractivity (Wildman–Crippen MR) is 148 cm³/mol. The zero-order valence-electron chi connectivity index (χ0n) is 22.1. The molecule has 0 spiro atoms. The van der Waals surface area contributed by atoms with Crippen molar-refractivity contribution < 1.29 is 38.6 Å². The average Bonchev–Trinajstić information content (AvgIpc) is 3.02. The molecule has 0 aliphatic carbocycles. The van der Waals surface area contributed by atoms with Gasteiger partial charge in [0, 0.05) is 6.61 Å². The van der Waals surface area contributed by atoms with Gasteiger partial charge < -0.3 is 9.47 Å². The predicted octanol–water partition coefficient (Wildman–Crippen LogP) is 6.28. The fourth-order valence-corrected chi connectivity index (χ4v) is 3.72. The Morgan fingerprint density at radius 2 is 1.02 bits per heavy atom. The first-order chi connectivity index (χ1) is 19.6. The highest BCUT2D eigenvalue weighted by Gasteiger charge is 2.21. The summed E-state index contributed by atoms with van der Waals surface area (Å²) in [6.07, 6.45) is -1.34. The quantitative estimate of drug-likeness (QED) is 0.0797. The molecule has 0 amide bonds. The van der Waals surface area contributed by atoms with Crippen LogP contribution < -0.4 is 0 Å². The minimum Gasteiger partial charge on any atom is -0.379 e. The molecule has 0 saturated heterocycles. The molecule has 4 aromatic rings. The summed E-state index contributed by atoms with van der Waals surface area (Å²) in [5.41, 5.74) is 4.12. The lowest BCUT2D eigenvalue weighted by molar-refractivity contribution is -0.427. The van der Waals surface area contributed by atoms with Crippen LogP contribution in [0.4, 0.5) is 0 Å². The first-order valence-corrected chi connectivity index (χ1v) is 12.9. The van der Waals surface area contributed by atoms with Gasteiger partial charge in [-0.1, -0.05) is 84.9 Å². The molecule has 8 heteroatoms. The summed E-state index contributed by atoms with van der Waals surface area (Å²) in [5.74, 6) is -1.50. The van der Waals surface area contributed by atoms with Gasteiger partial charge >= 0.3 is 11.9 Å². The zero-order valence-corrected chi connectivity index (χ0v) is 22.1. The lowest BCUT2D eigenvalue weighted by Gasteiger charge is -2.16. The first kappa shape index (κ1) is 28.7. The summed E-state index contributed by atoms with van der Waals surface area (Å²) in [7, 11) is 0. The van der Waals surface area contributed by atoms with Crippen molar-refractivity contribution in [1.82, 2.24) is 0 Å². The number of rotatable bonds is 14. The summed E-state index contributed by atoms with van der Waals surface area (Å²) in [6.45, 7) is 2.80. The number of carbonyl (C=O) groups is 2. The molecule has 0 unspecified atom stereocenters. The van der Waals surface area contributed by atoms with Gasteiger partial charge in [-0.05, 0) is 53.4 Å². The summed E-state index contributed by atoms with van der Waals surface area (Å²) in [5, 5.41) is 0. The van der Waals surface area contributed by atoms with Crippen LogP contribution in [0.15, 0.2) is 109 Å². The van der Waals surface area contributed by atoms with Crippen LogP contribution in [0.25, 0.3) is 22.3 Å². The Morgan fingerprint density at radius 3 is 1.50 bits per heavy atom. The second-order valence-electron chi connectivity index (χ2n) is 8.53. The van der Waals surface area contributed by atoms with Crippen LogP contribution in [-0.2, 0) is 29.0 Å². The van der Waals surface area contributed by atoms with Crippen LogP contribution in [0.5, 0.6) is 0 Å². The minimum atomic E-state index is -1.34. The maximum atomic E-state index is 12.7. The van der Waals surface area contributed by atoms with Crippen molar-refractivity contribution in [2.45, 2.75) is 13.2 Å². The van der Waals surface area contributed by atoms with E-state index < -0.39 is 18.2 Å². The number of benzene rings is 4. The smallest absolute Gasteiger partial charge is 0.373 e. The van der Waals surface area contributed by atoms with Crippen molar-refractivity contribution in [2.75, 3.05) is 26.4 Å². The van der Waals surface area contributed by atoms with E-state index in [-0.39, 0.29) is 24.3 Å². The molecular weight excluding hydrogens is 512 g/mol. The van der Waals surface area contributed by atoms with Crippen molar-refractivity contribution >= 4 is 11.9 Å². The maximum Gasteiger partial charge on any atom is 0.373 e. The zero-order chi connectivity index (χ0) is 28.0. The van der Waals surface area contributed by atoms with E-state index in [1.165, 1.54) is 0 Å². The molecule has 0 radical (unpaired) electrons. The van der Waals surface area contributed by atoms with E-state index in [9.17, 15) is 9.59 Å². The molecule has 0 bridgehead atoms. The Hall–Kier alpha value is -4.34. The van der Waals surface area contributed by atoms with E-state index in [1.54, 1.807) is 36.4 Å². The van der Waals surface area contributed by atoms with Crippen LogP contribution >= 0.6 is 0 Å². The summed E-state index contributed by atoms with van der Waals surface area (Å²) >= 11 is 0. The molecule has 0 atom stereocenters. The number of hydrogen-bond donors (Lipinski definition) is 0. The fraction of sp³-hybridized carbons (Fsp3) is 0.188. The molecule has 0 N–H and O–H groups in total. The third-order valence-electron chi connectivity index (χ3n) is 5.70. The topological polar surface area (TPSA) is 89.5 Å². The highest BCUT2D eigenvalue weighted by Crippen LogP contribution is 2.22. The van der Waals surface area contributed by atoms with E-state index in [0.29, 0.717) is 13.2 Å². The Morgan fingerprint density at radius 1 is 0.575 bits per heavy atom. The van der Waals surface area contributed by atoms with Crippen LogP contribution in [0.1, 0.15) is 27.6 Å². The number of ether oxygens (including phenoxy) is 2. The number of carbonyl (C=O) groups excluding carboxylic acids is 2. The summed E-state index contributed by atoms with van der Waals surface area (Å²) in [6, 6.07) is 33.1. The molecule has 0 aromatic heterocycles. The average molecular weight is 543 g/mol. The maximum absolute atomic E-state index is 12.7. The van der Waals surface area contributed by atoms with Crippen molar-refractivity contribution in [3.05, 3.63) is 120 Å². The molecule has 4 aromatic carbocycles. The van der Waals surface area contributed by atoms with Crippen LogP contribution in [0.3, 0.4) is 0 Å². The van der Waals surface area contributed by atoms with Crippen molar-refractivity contribution in [2.24, 2.45) is 0 Å². The second kappa shape index (κ2) is 15.3. The Kier molecular flexibility index (Phi) is 11.0. The highest BCUT2D eigenvalue weighted by atomic mass is 17.3. The van der Waals surface area contributed by atoms with Gasteiger partial charge in [-0.3, -0.25) is 9.78 Å². The molecule has 0 aliphatic rings. The van der Waals surface area contributed by atoms with E-state index in [2.05, 4.69) is 0 Å². The highest BCUT2D eigenvalue weighted by molar-refractivity contribution is 5.91. The van der Waals surface area contributed by atoms with Crippen molar-refractivity contribution in [1.29, 1.82) is 0 Å². The Balaban J connectivity index is 1.37. The third kappa shape index (κ3) is 8.59. The van der Waals surface area contributed by atoms with E-state index in [0.717, 1.165) is 22.3 Å². The van der Waals surface area contributed by atoms with Gasteiger partial charge in [0.2, 0.25) is 0 Å². The SMILES string of the molecule is CCOCCOCC(OOC(=O)c1cccc(-c2ccccc2)c1)OOC(=O)c1cccc(-c2ccccc2)c1. The molecule has 0 fully saturated rings. The Bertz CT molecular complexity index is 1260. The van der Waals surface area contributed by atoms with Gasteiger partial charge in [-0.25, -0.2) is 9.59 Å². The molecule has 8 nitrogen and oxygen atoms in total. The van der Waals surface area contributed by atoms with E-state index >= 15 is 0 Å². The molecule has 4 rings (SSSR count). The first-order valence-electron chi connectivity index (χ1n) is 12.9.